The molecular weight excluding hydrogens is 398 g/mol. The van der Waals surface area contributed by atoms with Crippen LogP contribution in [0.1, 0.15) is 18.4 Å². The maximum absolute atomic E-state index is 12.6. The second kappa shape index (κ2) is 10.4. The van der Waals surface area contributed by atoms with E-state index in [-0.39, 0.29) is 23.5 Å². The number of nitrogens with zero attached hydrogens (tertiary/aromatic N) is 2. The van der Waals surface area contributed by atoms with Crippen LogP contribution in [0.5, 0.6) is 0 Å². The first-order chi connectivity index (χ1) is 14.9. The SMILES string of the molecule is Cc1cccc(NC(=O)N2CCCC(C(=O)NCCNc3ccccc3[N+](=O)[O-])C2)c1. The van der Waals surface area contributed by atoms with Crippen LogP contribution in [0.4, 0.5) is 21.9 Å². The number of carbonyl (C=O) groups excluding carboxylic acids is 2. The topological polar surface area (TPSA) is 117 Å². The highest BCUT2D eigenvalue weighted by Crippen LogP contribution is 2.22. The van der Waals surface area contributed by atoms with Crippen molar-refractivity contribution in [3.8, 4) is 0 Å². The highest BCUT2D eigenvalue weighted by Gasteiger charge is 2.28. The van der Waals surface area contributed by atoms with Crippen LogP contribution in [0.25, 0.3) is 0 Å². The van der Waals surface area contributed by atoms with E-state index in [1.165, 1.54) is 6.07 Å². The Labute approximate surface area is 181 Å². The third-order valence-corrected chi connectivity index (χ3v) is 5.19. The summed E-state index contributed by atoms with van der Waals surface area (Å²) >= 11 is 0. The summed E-state index contributed by atoms with van der Waals surface area (Å²) in [7, 11) is 0. The Balaban J connectivity index is 1.45. The molecule has 2 aromatic rings. The van der Waals surface area contributed by atoms with Gasteiger partial charge in [0.15, 0.2) is 0 Å². The lowest BCUT2D eigenvalue weighted by molar-refractivity contribution is -0.384. The van der Waals surface area contributed by atoms with Crippen LogP contribution in [-0.2, 0) is 4.79 Å². The summed E-state index contributed by atoms with van der Waals surface area (Å²) in [6.45, 7) is 3.63. The van der Waals surface area contributed by atoms with Gasteiger partial charge >= 0.3 is 6.03 Å². The Bertz CT molecular complexity index is 949. The number of anilines is 2. The van der Waals surface area contributed by atoms with Gasteiger partial charge in [0, 0.05) is 37.9 Å². The number of urea groups is 1. The number of nitrogens with one attached hydrogen (secondary N) is 3. The standard InChI is InChI=1S/C22H27N5O4/c1-16-6-4-8-18(14-16)25-22(29)26-13-5-7-17(15-26)21(28)24-12-11-23-19-9-2-3-10-20(19)27(30)31/h2-4,6,8-10,14,17,23H,5,7,11-13,15H2,1H3,(H,24,28)(H,25,29). The molecule has 164 valence electrons. The molecule has 9 heteroatoms. The second-order valence-electron chi connectivity index (χ2n) is 7.58. The number of benzene rings is 2. The predicted octanol–water partition coefficient (Wildman–Crippen LogP) is 3.38. The van der Waals surface area contributed by atoms with Crippen molar-refractivity contribution >= 4 is 29.0 Å². The molecule has 1 atom stereocenters. The summed E-state index contributed by atoms with van der Waals surface area (Å²) < 4.78 is 0. The van der Waals surface area contributed by atoms with Crippen molar-refractivity contribution in [2.24, 2.45) is 5.92 Å². The van der Waals surface area contributed by atoms with Crippen LogP contribution in [-0.4, -0.2) is 47.9 Å². The molecule has 1 unspecified atom stereocenters. The number of carbonyl (C=O) groups is 2. The Morgan fingerprint density at radius 3 is 2.74 bits per heavy atom. The van der Waals surface area contributed by atoms with Gasteiger partial charge in [-0.15, -0.1) is 0 Å². The van der Waals surface area contributed by atoms with Crippen LogP contribution < -0.4 is 16.0 Å². The number of hydrogen-bond acceptors (Lipinski definition) is 5. The molecule has 0 bridgehead atoms. The lowest BCUT2D eigenvalue weighted by atomic mass is 9.97. The number of para-hydroxylation sites is 2. The van der Waals surface area contributed by atoms with Gasteiger partial charge in [0.2, 0.25) is 5.91 Å². The predicted molar refractivity (Wildman–Crippen MR) is 119 cm³/mol. The molecule has 3 amide bonds. The van der Waals surface area contributed by atoms with Gasteiger partial charge in [-0.25, -0.2) is 4.79 Å². The van der Waals surface area contributed by atoms with Crippen molar-refractivity contribution < 1.29 is 14.5 Å². The summed E-state index contributed by atoms with van der Waals surface area (Å²) in [5, 5.41) is 19.8. The smallest absolute Gasteiger partial charge is 0.321 e. The average Bonchev–Trinajstić information content (AvgIpc) is 2.77. The van der Waals surface area contributed by atoms with Gasteiger partial charge < -0.3 is 20.9 Å². The minimum Gasteiger partial charge on any atom is -0.378 e. The lowest BCUT2D eigenvalue weighted by Gasteiger charge is -2.32. The third-order valence-electron chi connectivity index (χ3n) is 5.19. The molecule has 9 nitrogen and oxygen atoms in total. The zero-order valence-corrected chi connectivity index (χ0v) is 17.5. The van der Waals surface area contributed by atoms with Crippen molar-refractivity contribution in [1.82, 2.24) is 10.2 Å². The molecule has 1 saturated heterocycles. The summed E-state index contributed by atoms with van der Waals surface area (Å²) in [5.41, 5.74) is 2.20. The highest BCUT2D eigenvalue weighted by molar-refractivity contribution is 5.90. The van der Waals surface area contributed by atoms with Crippen molar-refractivity contribution in [2.45, 2.75) is 19.8 Å². The number of hydrogen-bond donors (Lipinski definition) is 3. The zero-order chi connectivity index (χ0) is 22.2. The van der Waals surface area contributed by atoms with Crippen LogP contribution in [0.3, 0.4) is 0 Å². The molecule has 0 radical (unpaired) electrons. The van der Waals surface area contributed by atoms with E-state index >= 15 is 0 Å². The van der Waals surface area contributed by atoms with E-state index in [0.29, 0.717) is 31.9 Å². The van der Waals surface area contributed by atoms with Gasteiger partial charge in [-0.3, -0.25) is 14.9 Å². The first-order valence-corrected chi connectivity index (χ1v) is 10.3. The number of amides is 3. The van der Waals surface area contributed by atoms with Gasteiger partial charge in [0.1, 0.15) is 5.69 Å². The van der Waals surface area contributed by atoms with Gasteiger partial charge in [0.25, 0.3) is 5.69 Å². The van der Waals surface area contributed by atoms with E-state index in [2.05, 4.69) is 16.0 Å². The number of rotatable bonds is 7. The molecule has 2 aromatic carbocycles. The van der Waals surface area contributed by atoms with Gasteiger partial charge in [-0.05, 0) is 43.5 Å². The Morgan fingerprint density at radius 1 is 1.16 bits per heavy atom. The highest BCUT2D eigenvalue weighted by atomic mass is 16.6. The zero-order valence-electron chi connectivity index (χ0n) is 17.5. The monoisotopic (exact) mass is 425 g/mol. The lowest BCUT2D eigenvalue weighted by Crippen LogP contribution is -2.47. The van der Waals surface area contributed by atoms with Crippen LogP contribution >= 0.6 is 0 Å². The minimum absolute atomic E-state index is 0.00336. The molecule has 1 heterocycles. The quantitative estimate of drug-likeness (QED) is 0.357. The molecule has 0 saturated carbocycles. The van der Waals surface area contributed by atoms with E-state index in [0.717, 1.165) is 24.1 Å². The fourth-order valence-electron chi connectivity index (χ4n) is 3.61. The molecule has 3 N–H and O–H groups in total. The number of likely N-dealkylation sites (tertiary alicyclic amines) is 1. The van der Waals surface area contributed by atoms with E-state index in [1.54, 1.807) is 23.1 Å². The number of piperidine rings is 1. The van der Waals surface area contributed by atoms with E-state index < -0.39 is 4.92 Å². The van der Waals surface area contributed by atoms with Gasteiger partial charge in [-0.1, -0.05) is 24.3 Å². The molecule has 0 aliphatic carbocycles. The fraction of sp³-hybridized carbons (Fsp3) is 0.364. The van der Waals surface area contributed by atoms with Crippen molar-refractivity contribution in [3.05, 3.63) is 64.2 Å². The van der Waals surface area contributed by atoms with Gasteiger partial charge in [0.05, 0.1) is 10.8 Å². The molecule has 31 heavy (non-hydrogen) atoms. The average molecular weight is 425 g/mol. The third kappa shape index (κ3) is 6.18. The number of aryl methyl sites for hydroxylation is 1. The van der Waals surface area contributed by atoms with Crippen molar-refractivity contribution in [1.29, 1.82) is 0 Å². The Hall–Kier alpha value is -3.62. The fourth-order valence-corrected chi connectivity index (χ4v) is 3.61. The van der Waals surface area contributed by atoms with Crippen LogP contribution in [0.2, 0.25) is 0 Å². The largest absolute Gasteiger partial charge is 0.378 e. The summed E-state index contributed by atoms with van der Waals surface area (Å²) in [4.78, 5) is 37.4. The molecule has 3 rings (SSSR count). The van der Waals surface area contributed by atoms with Crippen molar-refractivity contribution in [3.63, 3.8) is 0 Å². The van der Waals surface area contributed by atoms with Crippen molar-refractivity contribution in [2.75, 3.05) is 36.8 Å². The Morgan fingerprint density at radius 2 is 1.97 bits per heavy atom. The van der Waals surface area contributed by atoms with Gasteiger partial charge in [-0.2, -0.15) is 0 Å². The second-order valence-corrected chi connectivity index (χ2v) is 7.58. The summed E-state index contributed by atoms with van der Waals surface area (Å²) in [6.07, 6.45) is 1.48. The Kier molecular flexibility index (Phi) is 7.42. The molecule has 0 aromatic heterocycles. The minimum atomic E-state index is -0.445. The molecular formula is C22H27N5O4. The van der Waals surface area contributed by atoms with Crippen LogP contribution in [0, 0.1) is 23.0 Å². The van der Waals surface area contributed by atoms with E-state index in [9.17, 15) is 19.7 Å². The van der Waals surface area contributed by atoms with E-state index in [4.69, 9.17) is 0 Å². The van der Waals surface area contributed by atoms with E-state index in [1.807, 2.05) is 31.2 Å². The normalized spacial score (nSPS) is 15.8. The van der Waals surface area contributed by atoms with Crippen LogP contribution in [0.15, 0.2) is 48.5 Å². The molecule has 1 aliphatic heterocycles. The summed E-state index contributed by atoms with van der Waals surface area (Å²) in [6, 6.07) is 13.8. The number of nitro groups is 1. The number of nitro benzene ring substituents is 1. The summed E-state index contributed by atoms with van der Waals surface area (Å²) in [5.74, 6) is -0.388. The first kappa shape index (κ1) is 22.1. The maximum Gasteiger partial charge on any atom is 0.321 e. The molecule has 0 spiro atoms. The maximum atomic E-state index is 12.6. The molecule has 1 aliphatic rings. The molecule has 1 fully saturated rings. The first-order valence-electron chi connectivity index (χ1n) is 10.3.